The molecule has 490 valence electrons. The molecule has 0 aromatic heterocycles. The first-order chi connectivity index (χ1) is 39.7. The number of ether oxygens (including phenoxy) is 12. The van der Waals surface area contributed by atoms with Gasteiger partial charge in [0.25, 0.3) is 0 Å². The second-order valence-electron chi connectivity index (χ2n) is 20.8. The van der Waals surface area contributed by atoms with E-state index >= 15 is 0 Å². The average Bonchev–Trinajstić information content (AvgIpc) is 3.52. The van der Waals surface area contributed by atoms with Gasteiger partial charge in [-0.25, -0.2) is 0 Å². The summed E-state index contributed by atoms with van der Waals surface area (Å²) >= 11 is 0. The number of hydrogen-bond acceptors (Lipinski definition) is 36. The Balaban J connectivity index is 1.34. The van der Waals surface area contributed by atoms with Crippen molar-refractivity contribution in [1.82, 2.24) is 10.6 Å². The fraction of sp³-hybridized carbons (Fsp3) is 0.957. The van der Waals surface area contributed by atoms with Gasteiger partial charge in [0.05, 0.1) is 58.9 Å². The molecule has 2 amide bonds. The number of carbonyl (C=O) groups excluding carboxylic acids is 2. The van der Waals surface area contributed by atoms with Gasteiger partial charge in [-0.1, -0.05) is 0 Å². The van der Waals surface area contributed by atoms with Crippen molar-refractivity contribution >= 4 is 11.8 Å². The predicted octanol–water partition coefficient (Wildman–Crippen LogP) is -16.4. The van der Waals surface area contributed by atoms with E-state index in [1.165, 1.54) is 0 Å². The van der Waals surface area contributed by atoms with Crippen LogP contribution in [0.15, 0.2) is 0 Å². The summed E-state index contributed by atoms with van der Waals surface area (Å²) < 4.78 is 68.9. The van der Waals surface area contributed by atoms with Crippen molar-refractivity contribution in [3.8, 4) is 0 Å². The lowest BCUT2D eigenvalue weighted by molar-refractivity contribution is -0.398. The Bertz CT molecular complexity index is 2010. The Morgan fingerprint density at radius 3 is 1.30 bits per heavy atom. The van der Waals surface area contributed by atoms with E-state index in [1.54, 1.807) is 0 Å². The molecule has 38 heteroatoms. The molecule has 0 aromatic rings. The van der Waals surface area contributed by atoms with Crippen molar-refractivity contribution in [3.63, 3.8) is 0 Å². The van der Waals surface area contributed by atoms with Crippen molar-refractivity contribution < 1.29 is 179 Å². The van der Waals surface area contributed by atoms with E-state index in [2.05, 4.69) is 10.6 Å². The van der Waals surface area contributed by atoms with Gasteiger partial charge in [-0.3, -0.25) is 9.59 Å². The minimum absolute atomic E-state index is 0.770. The van der Waals surface area contributed by atoms with E-state index < -0.39 is 273 Å². The number of aliphatic hydroxyl groups is 22. The highest BCUT2D eigenvalue weighted by Crippen LogP contribution is 2.37. The molecule has 0 spiro atoms. The van der Waals surface area contributed by atoms with E-state index in [0.717, 1.165) is 13.8 Å². The van der Waals surface area contributed by atoms with Gasteiger partial charge < -0.3 is 180 Å². The number of hydrogen-bond donors (Lipinski definition) is 24. The molecule has 24 N–H and O–H groups in total. The van der Waals surface area contributed by atoms with Gasteiger partial charge >= 0.3 is 0 Å². The standard InChI is InChI=1S/C46H80N2O36/c1-11(56)47-13(3-49)22(59)36(14(58)4-50)80-41-21(48-12(2)57)28(65)37(19(9-55)78-41)81-45-35(72)39(83-46-40(31(68)25(62)17(7-53)77-46)84-44-33(70)30(67)24(61)16(6-52)76-44)27(64)20(79-45)10-73-42-34(71)38(26(63)18(8-54)74-42)82-43-32(69)29(66)23(60)15(5-51)75-43/h13-46,49-55,58-72H,3-10H2,1-2H3,(H,47,56)(H,48,57)/t13-,14+,15+,16+,17+,18+,19+,20+,21+,22+,23+,24+,25+,26+,27+,28+,29-,30-,31-,32-,33-,34+,35+,36+,37+,38-,39-,40-,41-,42-,43+,44+,45-,46+/m0/s1. The van der Waals surface area contributed by atoms with Gasteiger partial charge in [0.2, 0.25) is 11.8 Å². The lowest BCUT2D eigenvalue weighted by Crippen LogP contribution is -2.69. The highest BCUT2D eigenvalue weighted by molar-refractivity contribution is 5.73. The Morgan fingerprint density at radius 2 is 0.810 bits per heavy atom. The normalized spacial score (nSPS) is 46.4. The molecule has 0 aromatic carbocycles. The second kappa shape index (κ2) is 31.4. The molecule has 0 unspecified atom stereocenters. The van der Waals surface area contributed by atoms with E-state index in [-0.39, 0.29) is 0 Å². The summed E-state index contributed by atoms with van der Waals surface area (Å²) in [5.74, 6) is -1.69. The van der Waals surface area contributed by atoms with E-state index in [0.29, 0.717) is 0 Å². The molecule has 0 bridgehead atoms. The maximum Gasteiger partial charge on any atom is 0.217 e. The van der Waals surface area contributed by atoms with Crippen LogP contribution in [0.25, 0.3) is 0 Å². The fourth-order valence-corrected chi connectivity index (χ4v) is 10.3. The highest BCUT2D eigenvalue weighted by atomic mass is 16.8. The molecule has 6 rings (SSSR count). The van der Waals surface area contributed by atoms with Crippen LogP contribution in [-0.2, 0) is 66.4 Å². The number of aliphatic hydroxyl groups excluding tert-OH is 22. The van der Waals surface area contributed by atoms with Crippen molar-refractivity contribution in [1.29, 1.82) is 0 Å². The zero-order chi connectivity index (χ0) is 62.3. The van der Waals surface area contributed by atoms with Gasteiger partial charge in [0.15, 0.2) is 37.7 Å². The summed E-state index contributed by atoms with van der Waals surface area (Å²) in [7, 11) is 0. The summed E-state index contributed by atoms with van der Waals surface area (Å²) in [5.41, 5.74) is 0. The molecule has 38 nitrogen and oxygen atoms in total. The number of amides is 2. The number of nitrogens with one attached hydrogen (secondary N) is 2. The van der Waals surface area contributed by atoms with Crippen LogP contribution in [0.2, 0.25) is 0 Å². The fourth-order valence-electron chi connectivity index (χ4n) is 10.3. The summed E-state index contributed by atoms with van der Waals surface area (Å²) in [6.07, 6.45) is -65.4. The minimum Gasteiger partial charge on any atom is -0.394 e. The molecular formula is C46H80N2O36. The summed E-state index contributed by atoms with van der Waals surface area (Å²) in [4.78, 5) is 24.6. The van der Waals surface area contributed by atoms with Crippen LogP contribution in [-0.4, -0.2) is 386 Å². The summed E-state index contributed by atoms with van der Waals surface area (Å²) in [6.45, 7) is -6.34. The molecular weight excluding hydrogens is 1160 g/mol. The van der Waals surface area contributed by atoms with Crippen LogP contribution in [0.5, 0.6) is 0 Å². The summed E-state index contributed by atoms with van der Waals surface area (Å²) in [5, 5.41) is 241. The van der Waals surface area contributed by atoms with Gasteiger partial charge in [-0.15, -0.1) is 0 Å². The van der Waals surface area contributed by atoms with Gasteiger partial charge in [0.1, 0.15) is 165 Å². The largest absolute Gasteiger partial charge is 0.394 e. The Kier molecular flexibility index (Phi) is 26.4. The van der Waals surface area contributed by atoms with Crippen LogP contribution in [0.4, 0.5) is 0 Å². The molecule has 6 heterocycles. The Hall–Kier alpha value is -2.42. The Morgan fingerprint density at radius 1 is 0.405 bits per heavy atom. The lowest BCUT2D eigenvalue weighted by Gasteiger charge is -2.50. The quantitative estimate of drug-likeness (QED) is 0.0404. The first-order valence-corrected chi connectivity index (χ1v) is 26.5. The molecule has 0 aliphatic carbocycles. The highest BCUT2D eigenvalue weighted by Gasteiger charge is 2.58. The van der Waals surface area contributed by atoms with Crippen LogP contribution in [0.1, 0.15) is 13.8 Å². The average molecular weight is 1240 g/mol. The Labute approximate surface area is 475 Å². The SMILES string of the molecule is CC(=O)N[C@H]1[C@H](O[C@@H]([C@H](O)[C@H](CO)NC(C)=O)[C@H](O)CO)O[C@H](CO)[C@@H](O[C@@H]2O[C@H](CO[C@H]3O[C@H](CO)[C@@H](O)[C@H](O[C@H]4O[C@H](CO)[C@@H](O)[C@H](O)[C@@H]4O)[C@H]3O)[C@@H](O)[C@H](O[C@H]3O[C@H](CO)[C@@H](O)[C@H](O)[C@@H]3O[C@H]3O[C@H](CO)[C@@H](O)[C@H](O)[C@@H]3O)[C@H]2O)[C@@H]1O. The van der Waals surface area contributed by atoms with Gasteiger partial charge in [-0.2, -0.15) is 0 Å². The van der Waals surface area contributed by atoms with Crippen molar-refractivity contribution in [2.45, 2.75) is 222 Å². The third-order valence-corrected chi connectivity index (χ3v) is 15.0. The number of rotatable bonds is 25. The lowest BCUT2D eigenvalue weighted by atomic mass is 9.94. The molecule has 34 atom stereocenters. The van der Waals surface area contributed by atoms with Crippen LogP contribution < -0.4 is 10.6 Å². The van der Waals surface area contributed by atoms with Crippen LogP contribution in [0, 0.1) is 0 Å². The molecule has 6 aliphatic rings. The van der Waals surface area contributed by atoms with E-state index in [1.807, 2.05) is 0 Å². The monoisotopic (exact) mass is 1240 g/mol. The van der Waals surface area contributed by atoms with Gasteiger partial charge in [0, 0.05) is 13.8 Å². The summed E-state index contributed by atoms with van der Waals surface area (Å²) in [6, 6.07) is -3.46. The molecule has 6 fully saturated rings. The topological polar surface area (TPSA) is 614 Å². The van der Waals surface area contributed by atoms with Crippen molar-refractivity contribution in [3.05, 3.63) is 0 Å². The second-order valence-corrected chi connectivity index (χ2v) is 20.8. The molecule has 0 saturated carbocycles. The van der Waals surface area contributed by atoms with Crippen molar-refractivity contribution in [2.75, 3.05) is 52.9 Å². The van der Waals surface area contributed by atoms with Crippen LogP contribution in [0.3, 0.4) is 0 Å². The minimum atomic E-state index is -2.44. The first-order valence-electron chi connectivity index (χ1n) is 26.5. The predicted molar refractivity (Wildman–Crippen MR) is 257 cm³/mol. The van der Waals surface area contributed by atoms with Crippen molar-refractivity contribution in [2.24, 2.45) is 0 Å². The van der Waals surface area contributed by atoms with E-state index in [4.69, 9.17) is 56.8 Å². The molecule has 0 radical (unpaired) electrons. The molecule has 6 saturated heterocycles. The third kappa shape index (κ3) is 15.8. The van der Waals surface area contributed by atoms with Gasteiger partial charge in [-0.05, 0) is 0 Å². The van der Waals surface area contributed by atoms with Crippen LogP contribution >= 0.6 is 0 Å². The first kappa shape index (κ1) is 70.7. The third-order valence-electron chi connectivity index (χ3n) is 15.0. The molecule has 6 aliphatic heterocycles. The maximum atomic E-state index is 12.7. The molecule has 84 heavy (non-hydrogen) atoms. The number of carbonyl (C=O) groups is 2. The zero-order valence-corrected chi connectivity index (χ0v) is 44.8. The smallest absolute Gasteiger partial charge is 0.217 e. The maximum absolute atomic E-state index is 12.7. The zero-order valence-electron chi connectivity index (χ0n) is 44.8. The van der Waals surface area contributed by atoms with E-state index in [9.17, 15) is 122 Å².